The number of rotatable bonds is 18. The molecule has 42 heavy (non-hydrogen) atoms. The molecule has 244 valence electrons. The molecule has 0 N–H and O–H groups in total. The van der Waals surface area contributed by atoms with Crippen LogP contribution in [0.4, 0.5) is 0 Å². The minimum atomic E-state index is 0.361. The number of allylic oxidation sites excluding steroid dienone is 1. The van der Waals surface area contributed by atoms with E-state index >= 15 is 0 Å². The third kappa shape index (κ3) is 8.64. The fourth-order valence-electron chi connectivity index (χ4n) is 9.93. The summed E-state index contributed by atoms with van der Waals surface area (Å²) in [6, 6.07) is 0. The average Bonchev–Trinajstić information content (AvgIpc) is 3.30. The van der Waals surface area contributed by atoms with E-state index in [9.17, 15) is 0 Å². The van der Waals surface area contributed by atoms with Crippen molar-refractivity contribution in [1.82, 2.24) is 0 Å². The predicted octanol–water partition coefficient (Wildman–Crippen LogP) is 9.51. The molecule has 4 aliphatic rings. The summed E-state index contributed by atoms with van der Waals surface area (Å²) in [6.07, 6.45) is 19.3. The van der Waals surface area contributed by atoms with Crippen LogP contribution in [0.5, 0.6) is 0 Å². The first kappa shape index (κ1) is 34.5. The van der Waals surface area contributed by atoms with E-state index in [1.807, 2.05) is 0 Å². The van der Waals surface area contributed by atoms with Gasteiger partial charge in [-0.2, -0.15) is 0 Å². The lowest BCUT2D eigenvalue weighted by Crippen LogP contribution is -2.51. The van der Waals surface area contributed by atoms with Crippen LogP contribution in [0.3, 0.4) is 0 Å². The van der Waals surface area contributed by atoms with Crippen LogP contribution in [0.1, 0.15) is 126 Å². The number of hydrogen-bond donors (Lipinski definition) is 0. The van der Waals surface area contributed by atoms with Crippen molar-refractivity contribution < 1.29 is 18.9 Å². The van der Waals surface area contributed by atoms with Gasteiger partial charge in [-0.05, 0) is 110 Å². The largest absolute Gasteiger partial charge is 0.379 e. The first-order valence-corrected chi connectivity index (χ1v) is 18.2. The summed E-state index contributed by atoms with van der Waals surface area (Å²) in [7, 11) is 0. The first-order valence-electron chi connectivity index (χ1n) is 18.2. The zero-order valence-electron chi connectivity index (χ0n) is 28.8. The number of fused-ring (bicyclic) bond motifs is 5. The van der Waals surface area contributed by atoms with Crippen LogP contribution in [0.25, 0.3) is 0 Å². The first-order chi connectivity index (χ1) is 20.1. The highest BCUT2D eigenvalue weighted by molar-refractivity contribution is 5.25. The monoisotopic (exact) mass is 589 g/mol. The Labute approximate surface area is 260 Å². The quantitative estimate of drug-likeness (QED) is 0.118. The molecule has 4 nitrogen and oxygen atoms in total. The van der Waals surface area contributed by atoms with Crippen molar-refractivity contribution in [1.29, 1.82) is 0 Å². The maximum Gasteiger partial charge on any atom is 0.0704 e. The minimum Gasteiger partial charge on any atom is -0.379 e. The Balaban J connectivity index is 1.16. The molecule has 0 radical (unpaired) electrons. The molecule has 0 aliphatic heterocycles. The lowest BCUT2D eigenvalue weighted by molar-refractivity contribution is -0.0691. The molecule has 0 amide bonds. The molecule has 4 rings (SSSR count). The second-order valence-electron chi connectivity index (χ2n) is 16.0. The summed E-state index contributed by atoms with van der Waals surface area (Å²) < 4.78 is 23.4. The van der Waals surface area contributed by atoms with Gasteiger partial charge in [0.05, 0.1) is 45.7 Å². The van der Waals surface area contributed by atoms with Gasteiger partial charge in [-0.15, -0.1) is 0 Å². The SMILES string of the molecule is CC(C)CCCC(C)C1CCC2C3CC=C4C[C@@H](OCCOCCOCCOCCC(C)C)CCC4(C)C3CCC12C. The Kier molecular flexibility index (Phi) is 13.3. The Hall–Kier alpha value is -0.420. The molecule has 0 heterocycles. The smallest absolute Gasteiger partial charge is 0.0704 e. The molecular weight excluding hydrogens is 520 g/mol. The highest BCUT2D eigenvalue weighted by Crippen LogP contribution is 2.67. The zero-order chi connectivity index (χ0) is 30.2. The van der Waals surface area contributed by atoms with Gasteiger partial charge in [0.25, 0.3) is 0 Å². The summed E-state index contributed by atoms with van der Waals surface area (Å²) in [4.78, 5) is 0. The highest BCUT2D eigenvalue weighted by Gasteiger charge is 2.59. The molecule has 3 fully saturated rings. The molecule has 0 saturated heterocycles. The molecule has 0 aromatic rings. The van der Waals surface area contributed by atoms with Crippen LogP contribution >= 0.6 is 0 Å². The van der Waals surface area contributed by atoms with E-state index in [0.29, 0.717) is 62.5 Å². The Morgan fingerprint density at radius 3 is 2.07 bits per heavy atom. The van der Waals surface area contributed by atoms with Crippen LogP contribution in [0, 0.1) is 52.3 Å². The van der Waals surface area contributed by atoms with Crippen LogP contribution in [0.2, 0.25) is 0 Å². The van der Waals surface area contributed by atoms with E-state index in [-0.39, 0.29) is 0 Å². The van der Waals surface area contributed by atoms with Gasteiger partial charge in [-0.25, -0.2) is 0 Å². The second kappa shape index (κ2) is 16.2. The molecule has 4 heteroatoms. The molecule has 4 aliphatic carbocycles. The maximum absolute atomic E-state index is 6.35. The summed E-state index contributed by atoms with van der Waals surface area (Å²) >= 11 is 0. The van der Waals surface area contributed by atoms with Gasteiger partial charge in [0.1, 0.15) is 0 Å². The van der Waals surface area contributed by atoms with Crippen molar-refractivity contribution >= 4 is 0 Å². The fourth-order valence-corrected chi connectivity index (χ4v) is 9.93. The van der Waals surface area contributed by atoms with Crippen molar-refractivity contribution in [3.05, 3.63) is 11.6 Å². The molecule has 0 aromatic heterocycles. The van der Waals surface area contributed by atoms with Gasteiger partial charge < -0.3 is 18.9 Å². The van der Waals surface area contributed by atoms with Gasteiger partial charge in [-0.1, -0.05) is 79.4 Å². The summed E-state index contributed by atoms with van der Waals surface area (Å²) in [5.74, 6) is 6.11. The molecule has 7 unspecified atom stereocenters. The standard InChI is InChI=1S/C38H68O4/c1-28(2)9-8-10-30(5)34-13-14-35-33-12-11-31-27-32(15-18-37(31,6)36(33)16-19-38(34,35)7)42-26-25-41-24-23-40-22-21-39-20-17-29(3)4/h11,28-30,32-36H,8-10,12-27H2,1-7H3/t30?,32-,33?,34?,35?,36?,37?,38?/m0/s1. The lowest BCUT2D eigenvalue weighted by atomic mass is 9.47. The third-order valence-electron chi connectivity index (χ3n) is 12.4. The molecule has 3 saturated carbocycles. The summed E-state index contributed by atoms with van der Waals surface area (Å²) in [6.45, 7) is 21.9. The Bertz CT molecular complexity index is 822. The Morgan fingerprint density at radius 1 is 0.714 bits per heavy atom. The number of ether oxygens (including phenoxy) is 4. The van der Waals surface area contributed by atoms with Gasteiger partial charge in [0, 0.05) is 6.61 Å². The van der Waals surface area contributed by atoms with E-state index in [0.717, 1.165) is 55.0 Å². The van der Waals surface area contributed by atoms with E-state index in [1.165, 1.54) is 64.2 Å². The predicted molar refractivity (Wildman–Crippen MR) is 175 cm³/mol. The van der Waals surface area contributed by atoms with E-state index in [4.69, 9.17) is 18.9 Å². The van der Waals surface area contributed by atoms with Crippen molar-refractivity contribution in [3.63, 3.8) is 0 Å². The Morgan fingerprint density at radius 2 is 1.38 bits per heavy atom. The van der Waals surface area contributed by atoms with Crippen molar-refractivity contribution in [2.24, 2.45) is 52.3 Å². The summed E-state index contributed by atoms with van der Waals surface area (Å²) in [5, 5.41) is 0. The van der Waals surface area contributed by atoms with Gasteiger partial charge >= 0.3 is 0 Å². The zero-order valence-corrected chi connectivity index (χ0v) is 28.8. The molecule has 8 atom stereocenters. The van der Waals surface area contributed by atoms with Gasteiger partial charge in [0.2, 0.25) is 0 Å². The summed E-state index contributed by atoms with van der Waals surface area (Å²) in [5.41, 5.74) is 2.70. The second-order valence-corrected chi connectivity index (χ2v) is 16.0. The van der Waals surface area contributed by atoms with Crippen LogP contribution < -0.4 is 0 Å². The topological polar surface area (TPSA) is 36.9 Å². The van der Waals surface area contributed by atoms with Crippen molar-refractivity contribution in [2.45, 2.75) is 132 Å². The molecular formula is C38H68O4. The highest BCUT2D eigenvalue weighted by atomic mass is 16.6. The molecule has 0 spiro atoms. The van der Waals surface area contributed by atoms with Gasteiger partial charge in [-0.3, -0.25) is 0 Å². The third-order valence-corrected chi connectivity index (χ3v) is 12.4. The number of hydrogen-bond acceptors (Lipinski definition) is 4. The molecule has 0 aromatic carbocycles. The van der Waals surface area contributed by atoms with E-state index in [1.54, 1.807) is 5.57 Å². The van der Waals surface area contributed by atoms with Crippen LogP contribution in [0.15, 0.2) is 11.6 Å². The van der Waals surface area contributed by atoms with Gasteiger partial charge in [0.15, 0.2) is 0 Å². The average molecular weight is 589 g/mol. The van der Waals surface area contributed by atoms with Crippen molar-refractivity contribution in [2.75, 3.05) is 46.2 Å². The van der Waals surface area contributed by atoms with Crippen LogP contribution in [-0.4, -0.2) is 52.4 Å². The minimum absolute atomic E-state index is 0.361. The lowest BCUT2D eigenvalue weighted by Gasteiger charge is -2.58. The van der Waals surface area contributed by atoms with E-state index in [2.05, 4.69) is 54.5 Å². The van der Waals surface area contributed by atoms with Crippen LogP contribution in [-0.2, 0) is 18.9 Å². The maximum atomic E-state index is 6.35. The normalized spacial score (nSPS) is 35.2. The molecule has 0 bridgehead atoms. The fraction of sp³-hybridized carbons (Fsp3) is 0.947. The van der Waals surface area contributed by atoms with Crippen molar-refractivity contribution in [3.8, 4) is 0 Å². The van der Waals surface area contributed by atoms with E-state index < -0.39 is 0 Å².